The van der Waals surface area contributed by atoms with E-state index in [-0.39, 0.29) is 49.3 Å². The Balaban J connectivity index is 1.14. The number of anilines is 1. The highest BCUT2D eigenvalue weighted by molar-refractivity contribution is 7.47. The molecule has 1 amide bonds. The average molecular weight is 1190 g/mol. The second-order valence-corrected chi connectivity index (χ2v) is 26.7. The molecule has 12 nitrogen and oxygen atoms in total. The van der Waals surface area contributed by atoms with Gasteiger partial charge in [-0.3, -0.25) is 23.4 Å². The fourth-order valence-corrected chi connectivity index (χ4v) is 13.0. The summed E-state index contributed by atoms with van der Waals surface area (Å²) in [4.78, 5) is 51.7. The van der Waals surface area contributed by atoms with Crippen LogP contribution in [0.3, 0.4) is 0 Å². The van der Waals surface area contributed by atoms with Gasteiger partial charge in [0.2, 0.25) is 11.6 Å². The van der Waals surface area contributed by atoms with E-state index in [1.165, 1.54) is 175 Å². The van der Waals surface area contributed by atoms with Gasteiger partial charge in [-0.2, -0.15) is 4.58 Å². The molecule has 2 N–H and O–H groups in total. The molecule has 2 atom stereocenters. The lowest BCUT2D eigenvalue weighted by molar-refractivity contribution is -0.401. The van der Waals surface area contributed by atoms with Crippen LogP contribution < -0.4 is 10.2 Å². The van der Waals surface area contributed by atoms with Gasteiger partial charge in [-0.15, -0.1) is 0 Å². The van der Waals surface area contributed by atoms with Gasteiger partial charge in [0.1, 0.15) is 13.7 Å². The first-order valence-corrected chi connectivity index (χ1v) is 35.3. The minimum Gasteiger partial charge on any atom is -0.462 e. The Morgan fingerprint density at radius 2 is 1.05 bits per heavy atom. The number of rotatable bonds is 50. The van der Waals surface area contributed by atoms with Gasteiger partial charge in [-0.1, -0.05) is 256 Å². The third-order valence-electron chi connectivity index (χ3n) is 17.3. The standard InChI is InChI=1S/C71H116N3O9P/c1-8-10-12-14-16-18-20-22-24-26-28-30-32-34-38-53-68(76)80-58-60(83-69(77)54-39-35-33-31-29-27-25-23-21-19-17-15-13-11-9-2)59-82-84(78,79)81-57-55-72-67(75)52-37-36-44-56-74-64-49-43-41-47-62(64)71(5,6)66(74)51-45-50-65-70(3,4)61-46-40-42-48-63(61)73(65)7/h40-43,45-51,60H,8-39,44,52-59H2,1-7H3,(H-,72,75,78,79)/p+1/t60-/m1/s1. The SMILES string of the molecule is CCCCCCCCCCCCCCCCCC(=O)OC[C@H](COP(=O)(O)OCCNC(=O)CCCCCN1/C(=C/C=C/C2=[N+](C)c3ccccc3C2(C)C)C(C)(C)c2ccccc21)OC(=O)CCCCCCCCCCCCCCCCC. The van der Waals surface area contributed by atoms with E-state index in [9.17, 15) is 23.8 Å². The number of benzene rings is 2. The van der Waals surface area contributed by atoms with Gasteiger partial charge < -0.3 is 24.6 Å². The van der Waals surface area contributed by atoms with Crippen LogP contribution in [0, 0.1) is 0 Å². The number of fused-ring (bicyclic) bond motifs is 2. The van der Waals surface area contributed by atoms with Gasteiger partial charge in [0.15, 0.2) is 11.8 Å². The quantitative estimate of drug-likeness (QED) is 0.0284. The lowest BCUT2D eigenvalue weighted by Crippen LogP contribution is -2.30. The van der Waals surface area contributed by atoms with Crippen LogP contribution in [0.15, 0.2) is 72.5 Å². The molecule has 4 rings (SSSR count). The number of unbranched alkanes of at least 4 members (excludes halogenated alkanes) is 30. The molecule has 2 aliphatic rings. The fourth-order valence-electron chi connectivity index (χ4n) is 12.2. The third-order valence-corrected chi connectivity index (χ3v) is 18.3. The van der Waals surface area contributed by atoms with Crippen molar-refractivity contribution in [2.75, 3.05) is 44.9 Å². The Hall–Kier alpha value is -4.09. The van der Waals surface area contributed by atoms with E-state index in [0.29, 0.717) is 25.7 Å². The normalized spacial score (nSPS) is 15.9. The molecule has 0 fully saturated rings. The average Bonchev–Trinajstić information content (AvgIpc) is 1.90. The number of allylic oxidation sites excluding steroid dienone is 4. The molecule has 2 aromatic rings. The Labute approximate surface area is 510 Å². The summed E-state index contributed by atoms with van der Waals surface area (Å²) in [7, 11) is -2.47. The van der Waals surface area contributed by atoms with Crippen molar-refractivity contribution in [3.05, 3.63) is 83.6 Å². The third kappa shape index (κ3) is 27.7. The molecule has 0 spiro atoms. The zero-order valence-electron chi connectivity index (χ0n) is 54.0. The number of carbonyl (C=O) groups excluding carboxylic acids is 3. The highest BCUT2D eigenvalue weighted by Gasteiger charge is 2.43. The zero-order chi connectivity index (χ0) is 60.7. The molecular weight excluding hydrogens is 1070 g/mol. The van der Waals surface area contributed by atoms with Gasteiger partial charge in [0, 0.05) is 66.9 Å². The monoisotopic (exact) mass is 1190 g/mol. The van der Waals surface area contributed by atoms with Crippen molar-refractivity contribution in [2.24, 2.45) is 0 Å². The number of esters is 2. The molecule has 84 heavy (non-hydrogen) atoms. The van der Waals surface area contributed by atoms with Crippen molar-refractivity contribution in [1.29, 1.82) is 0 Å². The molecule has 0 saturated carbocycles. The van der Waals surface area contributed by atoms with Crippen LogP contribution in [0.5, 0.6) is 0 Å². The maximum Gasteiger partial charge on any atom is 0.472 e. The number of ether oxygens (including phenoxy) is 2. The summed E-state index contributed by atoms with van der Waals surface area (Å²) in [5.41, 5.74) is 7.29. The predicted molar refractivity (Wildman–Crippen MR) is 347 cm³/mol. The topological polar surface area (TPSA) is 144 Å². The van der Waals surface area contributed by atoms with Gasteiger partial charge in [0.25, 0.3) is 0 Å². The Morgan fingerprint density at radius 3 is 1.58 bits per heavy atom. The van der Waals surface area contributed by atoms with Gasteiger partial charge in [-0.05, 0) is 57.2 Å². The van der Waals surface area contributed by atoms with Crippen LogP contribution in [0.2, 0.25) is 0 Å². The van der Waals surface area contributed by atoms with Crippen LogP contribution >= 0.6 is 7.82 Å². The molecule has 0 bridgehead atoms. The Bertz CT molecular complexity index is 2330. The zero-order valence-corrected chi connectivity index (χ0v) is 54.9. The van der Waals surface area contributed by atoms with E-state index in [2.05, 4.69) is 130 Å². The van der Waals surface area contributed by atoms with Crippen LogP contribution in [0.25, 0.3) is 0 Å². The second kappa shape index (κ2) is 41.9. The number of amides is 1. The van der Waals surface area contributed by atoms with Gasteiger partial charge >= 0.3 is 19.8 Å². The van der Waals surface area contributed by atoms with E-state index in [1.54, 1.807) is 0 Å². The van der Waals surface area contributed by atoms with Crippen molar-refractivity contribution in [1.82, 2.24) is 5.32 Å². The second-order valence-electron chi connectivity index (χ2n) is 25.2. The van der Waals surface area contributed by atoms with Crippen LogP contribution in [-0.2, 0) is 48.3 Å². The number of hydrogen-bond acceptors (Lipinski definition) is 9. The highest BCUT2D eigenvalue weighted by Crippen LogP contribution is 2.48. The van der Waals surface area contributed by atoms with E-state index < -0.39 is 32.5 Å². The van der Waals surface area contributed by atoms with E-state index in [1.807, 2.05) is 0 Å². The molecule has 2 heterocycles. The summed E-state index contributed by atoms with van der Waals surface area (Å²) >= 11 is 0. The summed E-state index contributed by atoms with van der Waals surface area (Å²) in [6.07, 6.45) is 45.7. The highest BCUT2D eigenvalue weighted by atomic mass is 31.2. The van der Waals surface area contributed by atoms with E-state index >= 15 is 0 Å². The summed E-state index contributed by atoms with van der Waals surface area (Å²) < 4.78 is 37.0. The predicted octanol–water partition coefficient (Wildman–Crippen LogP) is 18.7. The maximum atomic E-state index is 13.0. The number of phosphoric ester groups is 1. The van der Waals surface area contributed by atoms with E-state index in [4.69, 9.17) is 18.5 Å². The van der Waals surface area contributed by atoms with Gasteiger partial charge in [-0.25, -0.2) is 4.57 Å². The number of para-hydroxylation sites is 2. The molecule has 2 aliphatic heterocycles. The lowest BCUT2D eigenvalue weighted by Gasteiger charge is -2.27. The molecule has 474 valence electrons. The molecule has 13 heteroatoms. The number of hydrogen-bond donors (Lipinski definition) is 2. The molecule has 0 aliphatic carbocycles. The molecular formula is C71H117N3O9P+. The summed E-state index contributed by atoms with van der Waals surface area (Å²) in [5.74, 6) is -1.04. The first kappa shape index (κ1) is 72.4. The molecule has 1 unspecified atom stereocenters. The summed E-state index contributed by atoms with van der Waals surface area (Å²) in [6.45, 7) is 13.5. The van der Waals surface area contributed by atoms with Crippen molar-refractivity contribution in [3.8, 4) is 0 Å². The van der Waals surface area contributed by atoms with Crippen LogP contribution in [-0.4, -0.2) is 79.1 Å². The van der Waals surface area contributed by atoms with E-state index in [0.717, 1.165) is 57.9 Å². The first-order valence-electron chi connectivity index (χ1n) is 33.8. The maximum absolute atomic E-state index is 13.0. The Kier molecular flexibility index (Phi) is 36.1. The smallest absolute Gasteiger partial charge is 0.462 e. The minimum absolute atomic E-state index is 0.0147. The van der Waals surface area contributed by atoms with Crippen LogP contribution in [0.1, 0.15) is 284 Å². The molecule has 0 saturated heterocycles. The largest absolute Gasteiger partial charge is 0.472 e. The molecule has 0 radical (unpaired) electrons. The summed E-state index contributed by atoms with van der Waals surface area (Å²) in [5, 5.41) is 2.79. The fraction of sp³-hybridized carbons (Fsp3) is 0.718. The van der Waals surface area contributed by atoms with Crippen molar-refractivity contribution in [3.63, 3.8) is 0 Å². The van der Waals surface area contributed by atoms with Crippen molar-refractivity contribution in [2.45, 2.75) is 290 Å². The molecule has 2 aromatic carbocycles. The van der Waals surface area contributed by atoms with Crippen LogP contribution in [0.4, 0.5) is 11.4 Å². The first-order chi connectivity index (χ1) is 40.6. The Morgan fingerprint density at radius 1 is 0.583 bits per heavy atom. The number of nitrogens with zero attached hydrogens (tertiary/aromatic N) is 2. The number of nitrogens with one attached hydrogen (secondary N) is 1. The lowest BCUT2D eigenvalue weighted by atomic mass is 9.81. The minimum atomic E-state index is -4.61. The summed E-state index contributed by atoms with van der Waals surface area (Å²) in [6, 6.07) is 17.2. The molecule has 0 aromatic heterocycles. The number of carbonyl (C=O) groups is 3. The van der Waals surface area contributed by atoms with Crippen molar-refractivity contribution >= 4 is 42.8 Å². The van der Waals surface area contributed by atoms with Gasteiger partial charge in [0.05, 0.1) is 18.6 Å². The van der Waals surface area contributed by atoms with Crippen molar-refractivity contribution < 1.29 is 46.9 Å². The number of phosphoric acid groups is 1.